The topological polar surface area (TPSA) is 99.7 Å². The molecule has 1 aromatic carbocycles. The van der Waals surface area contributed by atoms with E-state index in [-0.39, 0.29) is 30.0 Å². The van der Waals surface area contributed by atoms with Crippen LogP contribution in [-0.2, 0) is 16.1 Å². The number of amides is 2. The molecule has 2 N–H and O–H groups in total. The Hall–Kier alpha value is -3.46. The molecule has 2 aliphatic rings. The van der Waals surface area contributed by atoms with Gasteiger partial charge in [0.05, 0.1) is 6.04 Å². The largest absolute Gasteiger partial charge is 0.447 e. The average Bonchev–Trinajstić information content (AvgIpc) is 3.23. The lowest BCUT2D eigenvalue weighted by atomic mass is 10.0. The minimum atomic E-state index is -0.354. The van der Waals surface area contributed by atoms with Crippen molar-refractivity contribution in [3.63, 3.8) is 0 Å². The number of hydrogen-bond donors (Lipinski definition) is 2. The number of benzene rings is 1. The second kappa shape index (κ2) is 10.6. The van der Waals surface area contributed by atoms with Crippen molar-refractivity contribution in [2.45, 2.75) is 45.3 Å². The Morgan fingerprint density at radius 1 is 1.24 bits per heavy atom. The molecule has 2 aromatic rings. The first-order valence-electron chi connectivity index (χ1n) is 11.7. The van der Waals surface area contributed by atoms with Crippen molar-refractivity contribution in [3.05, 3.63) is 54.7 Å². The van der Waals surface area contributed by atoms with Crippen LogP contribution in [0.1, 0.15) is 32.3 Å². The summed E-state index contributed by atoms with van der Waals surface area (Å²) >= 11 is 0. The number of aromatic nitrogens is 2. The maximum absolute atomic E-state index is 12.3. The standard InChI is InChI=1S/C25H32N6O3/c1-4-23(32)27-19-7-5-18(6-8-19)15-30-13-10-20(11-14-30)28-24-26-12-9-22(29-24)31-21(17(2)3)16-34-25(31)33/h4-9,12,17,20-21H,1,10-11,13-16H2,2-3H3,(H,27,32)(H,26,28,29). The molecule has 3 heterocycles. The molecule has 1 aromatic heterocycles. The first kappa shape index (κ1) is 23.7. The van der Waals surface area contributed by atoms with E-state index in [0.717, 1.165) is 38.2 Å². The number of anilines is 3. The lowest BCUT2D eigenvalue weighted by Gasteiger charge is -2.32. The van der Waals surface area contributed by atoms with Crippen LogP contribution < -0.4 is 15.5 Å². The van der Waals surface area contributed by atoms with Gasteiger partial charge in [-0.1, -0.05) is 32.6 Å². The monoisotopic (exact) mass is 464 g/mol. The molecule has 2 saturated heterocycles. The highest BCUT2D eigenvalue weighted by Crippen LogP contribution is 2.26. The van der Waals surface area contributed by atoms with Crippen molar-refractivity contribution < 1.29 is 14.3 Å². The highest BCUT2D eigenvalue weighted by molar-refractivity contribution is 5.98. The van der Waals surface area contributed by atoms with E-state index in [1.165, 1.54) is 11.6 Å². The van der Waals surface area contributed by atoms with Gasteiger partial charge in [0.15, 0.2) is 0 Å². The molecule has 180 valence electrons. The van der Waals surface area contributed by atoms with Gasteiger partial charge >= 0.3 is 6.09 Å². The molecule has 9 nitrogen and oxygen atoms in total. The second-order valence-corrected chi connectivity index (χ2v) is 9.08. The maximum Gasteiger partial charge on any atom is 0.415 e. The third-order valence-corrected chi connectivity index (χ3v) is 6.30. The fourth-order valence-electron chi connectivity index (χ4n) is 4.31. The number of carbonyl (C=O) groups excluding carboxylic acids is 2. The van der Waals surface area contributed by atoms with E-state index >= 15 is 0 Å². The van der Waals surface area contributed by atoms with Crippen LogP contribution in [0.5, 0.6) is 0 Å². The van der Waals surface area contributed by atoms with Crippen LogP contribution in [-0.4, -0.2) is 58.6 Å². The van der Waals surface area contributed by atoms with Crippen LogP contribution in [0, 0.1) is 5.92 Å². The van der Waals surface area contributed by atoms with Gasteiger partial charge in [-0.3, -0.25) is 14.6 Å². The minimum Gasteiger partial charge on any atom is -0.447 e. The number of nitrogens with zero attached hydrogens (tertiary/aromatic N) is 4. The maximum atomic E-state index is 12.3. The molecule has 2 aliphatic heterocycles. The summed E-state index contributed by atoms with van der Waals surface area (Å²) in [6.07, 6.45) is 4.54. The van der Waals surface area contributed by atoms with Crippen molar-refractivity contribution >= 4 is 29.5 Å². The normalized spacial score (nSPS) is 19.2. The molecule has 2 amide bonds. The number of carbonyl (C=O) groups is 2. The molecular weight excluding hydrogens is 432 g/mol. The van der Waals surface area contributed by atoms with Crippen molar-refractivity contribution in [2.75, 3.05) is 35.2 Å². The molecule has 9 heteroatoms. The molecule has 0 radical (unpaired) electrons. The summed E-state index contributed by atoms with van der Waals surface area (Å²) in [5.74, 6) is 1.17. The van der Waals surface area contributed by atoms with Crippen molar-refractivity contribution in [1.29, 1.82) is 0 Å². The number of nitrogens with one attached hydrogen (secondary N) is 2. The summed E-state index contributed by atoms with van der Waals surface area (Å²) in [4.78, 5) is 36.7. The fraction of sp³-hybridized carbons (Fsp3) is 0.440. The van der Waals surface area contributed by atoms with Crippen LogP contribution >= 0.6 is 0 Å². The Kier molecular flexibility index (Phi) is 7.42. The van der Waals surface area contributed by atoms with Crippen LogP contribution in [0.2, 0.25) is 0 Å². The van der Waals surface area contributed by atoms with Gasteiger partial charge in [-0.15, -0.1) is 0 Å². The van der Waals surface area contributed by atoms with Crippen LogP contribution in [0.15, 0.2) is 49.2 Å². The van der Waals surface area contributed by atoms with E-state index in [4.69, 9.17) is 4.74 Å². The van der Waals surface area contributed by atoms with E-state index in [1.807, 2.05) is 24.3 Å². The number of ether oxygens (including phenoxy) is 1. The highest BCUT2D eigenvalue weighted by Gasteiger charge is 2.37. The zero-order valence-electron chi connectivity index (χ0n) is 19.7. The second-order valence-electron chi connectivity index (χ2n) is 9.08. The summed E-state index contributed by atoms with van der Waals surface area (Å²) in [5, 5.41) is 6.21. The molecule has 0 saturated carbocycles. The minimum absolute atomic E-state index is 0.0224. The third kappa shape index (κ3) is 5.72. The number of rotatable bonds is 8. The van der Waals surface area contributed by atoms with Gasteiger partial charge < -0.3 is 15.4 Å². The van der Waals surface area contributed by atoms with E-state index in [2.05, 4.69) is 45.9 Å². The van der Waals surface area contributed by atoms with E-state index in [1.54, 1.807) is 17.2 Å². The van der Waals surface area contributed by atoms with Crippen molar-refractivity contribution in [2.24, 2.45) is 5.92 Å². The predicted octanol–water partition coefficient (Wildman–Crippen LogP) is 3.66. The first-order chi connectivity index (χ1) is 16.4. The third-order valence-electron chi connectivity index (χ3n) is 6.30. The number of piperidine rings is 1. The molecule has 34 heavy (non-hydrogen) atoms. The summed E-state index contributed by atoms with van der Waals surface area (Å²) in [7, 11) is 0. The molecule has 0 spiro atoms. The van der Waals surface area contributed by atoms with Gasteiger partial charge in [-0.2, -0.15) is 4.98 Å². The number of cyclic esters (lactones) is 1. The van der Waals surface area contributed by atoms with E-state index < -0.39 is 0 Å². The van der Waals surface area contributed by atoms with E-state index in [0.29, 0.717) is 18.4 Å². The molecule has 0 aliphatic carbocycles. The summed E-state index contributed by atoms with van der Waals surface area (Å²) in [5.41, 5.74) is 1.97. The van der Waals surface area contributed by atoms with Gasteiger partial charge in [-0.25, -0.2) is 9.78 Å². The smallest absolute Gasteiger partial charge is 0.415 e. The van der Waals surface area contributed by atoms with E-state index in [9.17, 15) is 9.59 Å². The van der Waals surface area contributed by atoms with Gasteiger partial charge in [0.2, 0.25) is 11.9 Å². The number of hydrogen-bond acceptors (Lipinski definition) is 7. The van der Waals surface area contributed by atoms with Gasteiger partial charge in [0.25, 0.3) is 0 Å². The summed E-state index contributed by atoms with van der Waals surface area (Å²) < 4.78 is 5.25. The Balaban J connectivity index is 1.29. The van der Waals surface area contributed by atoms with Gasteiger partial charge in [-0.05, 0) is 48.6 Å². The molecule has 2 fully saturated rings. The van der Waals surface area contributed by atoms with Gasteiger partial charge in [0, 0.05) is 37.6 Å². The lowest BCUT2D eigenvalue weighted by molar-refractivity contribution is -0.111. The first-order valence-corrected chi connectivity index (χ1v) is 11.7. The molecular formula is C25H32N6O3. The van der Waals surface area contributed by atoms with Crippen LogP contribution in [0.25, 0.3) is 0 Å². The quantitative estimate of drug-likeness (QED) is 0.575. The SMILES string of the molecule is C=CC(=O)Nc1ccc(CN2CCC(Nc3nccc(N4C(=O)OCC4C(C)C)n3)CC2)cc1. The Morgan fingerprint density at radius 2 is 1.97 bits per heavy atom. The lowest BCUT2D eigenvalue weighted by Crippen LogP contribution is -2.39. The summed E-state index contributed by atoms with van der Waals surface area (Å²) in [6, 6.07) is 9.90. The highest BCUT2D eigenvalue weighted by atomic mass is 16.6. The molecule has 4 rings (SSSR count). The molecule has 0 bridgehead atoms. The van der Waals surface area contributed by atoms with Crippen LogP contribution in [0.3, 0.4) is 0 Å². The van der Waals surface area contributed by atoms with Gasteiger partial charge in [0.1, 0.15) is 12.4 Å². The Labute approximate surface area is 200 Å². The zero-order valence-corrected chi connectivity index (χ0v) is 19.7. The van der Waals surface area contributed by atoms with Crippen molar-refractivity contribution in [3.8, 4) is 0 Å². The predicted molar refractivity (Wildman–Crippen MR) is 132 cm³/mol. The molecule has 1 unspecified atom stereocenters. The van der Waals surface area contributed by atoms with Crippen LogP contribution in [0.4, 0.5) is 22.2 Å². The number of likely N-dealkylation sites (tertiary alicyclic amines) is 1. The average molecular weight is 465 g/mol. The zero-order chi connectivity index (χ0) is 24.1. The summed E-state index contributed by atoms with van der Waals surface area (Å²) in [6.45, 7) is 10.8. The Morgan fingerprint density at radius 3 is 2.65 bits per heavy atom. The Bertz CT molecular complexity index is 1020. The van der Waals surface area contributed by atoms with Crippen molar-refractivity contribution in [1.82, 2.24) is 14.9 Å². The molecule has 1 atom stereocenters. The fourth-order valence-corrected chi connectivity index (χ4v) is 4.31.